The van der Waals surface area contributed by atoms with Gasteiger partial charge in [-0.1, -0.05) is 36.4 Å². The molecular weight excluding hydrogens is 458 g/mol. The summed E-state index contributed by atoms with van der Waals surface area (Å²) in [6.07, 6.45) is 0.766. The van der Waals surface area contributed by atoms with Gasteiger partial charge in [-0.2, -0.15) is 0 Å². The zero-order valence-electron chi connectivity index (χ0n) is 20.5. The Bertz CT molecular complexity index is 1320. The maximum atomic E-state index is 11.9. The average molecular weight is 488 g/mol. The average Bonchev–Trinajstić information content (AvgIpc) is 2.88. The fourth-order valence-corrected chi connectivity index (χ4v) is 3.80. The van der Waals surface area contributed by atoms with Crippen molar-refractivity contribution >= 4 is 16.9 Å². The second kappa shape index (κ2) is 11.4. The first-order chi connectivity index (χ1) is 17.4. The molecule has 0 bridgehead atoms. The Morgan fingerprint density at radius 2 is 1.67 bits per heavy atom. The second-order valence-corrected chi connectivity index (χ2v) is 8.52. The van der Waals surface area contributed by atoms with Crippen LogP contribution >= 0.6 is 0 Å². The molecule has 1 heterocycles. The predicted molar refractivity (Wildman–Crippen MR) is 137 cm³/mol. The SMILES string of the molecule is COc1ccc2ncc(COc3ccccc3CC(Oc3ccccc3)C(=O)O)c(OC(C)C)c2c1. The van der Waals surface area contributed by atoms with Crippen LogP contribution in [0.2, 0.25) is 0 Å². The Labute approximate surface area is 210 Å². The van der Waals surface area contributed by atoms with Crippen LogP contribution in [0, 0.1) is 0 Å². The van der Waals surface area contributed by atoms with E-state index in [1.54, 1.807) is 37.6 Å². The number of fused-ring (bicyclic) bond motifs is 1. The van der Waals surface area contributed by atoms with Crippen molar-refractivity contribution in [1.29, 1.82) is 0 Å². The van der Waals surface area contributed by atoms with Crippen LogP contribution in [0.1, 0.15) is 25.0 Å². The lowest BCUT2D eigenvalue weighted by Gasteiger charge is -2.19. The maximum Gasteiger partial charge on any atom is 0.345 e. The Hall–Kier alpha value is -4.26. The first-order valence-electron chi connectivity index (χ1n) is 11.7. The Balaban J connectivity index is 1.58. The first-order valence-corrected chi connectivity index (χ1v) is 11.7. The molecule has 3 aromatic carbocycles. The highest BCUT2D eigenvalue weighted by Gasteiger charge is 2.22. The van der Waals surface area contributed by atoms with Gasteiger partial charge in [0.2, 0.25) is 0 Å². The summed E-state index contributed by atoms with van der Waals surface area (Å²) in [4.78, 5) is 16.5. The zero-order chi connectivity index (χ0) is 25.5. The Morgan fingerprint density at radius 1 is 0.917 bits per heavy atom. The van der Waals surface area contributed by atoms with Crippen molar-refractivity contribution in [3.05, 3.63) is 90.1 Å². The van der Waals surface area contributed by atoms with E-state index in [0.717, 1.165) is 22.0 Å². The van der Waals surface area contributed by atoms with Crippen molar-refractivity contribution in [1.82, 2.24) is 4.98 Å². The van der Waals surface area contributed by atoms with Gasteiger partial charge < -0.3 is 24.1 Å². The van der Waals surface area contributed by atoms with Crippen LogP contribution in [0.15, 0.2) is 79.0 Å². The monoisotopic (exact) mass is 487 g/mol. The summed E-state index contributed by atoms with van der Waals surface area (Å²) in [7, 11) is 1.62. The van der Waals surface area contributed by atoms with Crippen molar-refractivity contribution in [3.63, 3.8) is 0 Å². The predicted octanol–water partition coefficient (Wildman–Crippen LogP) is 5.68. The molecule has 0 saturated heterocycles. The molecule has 4 rings (SSSR count). The number of benzene rings is 3. The molecule has 36 heavy (non-hydrogen) atoms. The standard InChI is InChI=1S/C29H29NO6/c1-19(2)35-28-21(17-30-25-14-13-23(33-3)16-24(25)28)18-34-26-12-8-7-9-20(26)15-27(29(31)32)36-22-10-5-4-6-11-22/h4-14,16-17,19,27H,15,18H2,1-3H3,(H,31,32). The highest BCUT2D eigenvalue weighted by Crippen LogP contribution is 2.33. The molecule has 0 amide bonds. The maximum absolute atomic E-state index is 11.9. The minimum absolute atomic E-state index is 0.0562. The van der Waals surface area contributed by atoms with E-state index in [9.17, 15) is 9.90 Å². The van der Waals surface area contributed by atoms with Gasteiger partial charge in [-0.05, 0) is 55.8 Å². The van der Waals surface area contributed by atoms with E-state index in [0.29, 0.717) is 23.0 Å². The molecule has 0 saturated carbocycles. The molecule has 0 fully saturated rings. The molecule has 0 aliphatic heterocycles. The highest BCUT2D eigenvalue weighted by atomic mass is 16.5. The zero-order valence-corrected chi connectivity index (χ0v) is 20.5. The van der Waals surface area contributed by atoms with E-state index in [2.05, 4.69) is 4.98 Å². The number of carboxylic acids is 1. The fraction of sp³-hybridized carbons (Fsp3) is 0.241. The summed E-state index contributed by atoms with van der Waals surface area (Å²) in [6.45, 7) is 4.12. The van der Waals surface area contributed by atoms with E-state index < -0.39 is 12.1 Å². The van der Waals surface area contributed by atoms with Gasteiger partial charge in [-0.3, -0.25) is 4.98 Å². The highest BCUT2D eigenvalue weighted by molar-refractivity contribution is 5.87. The van der Waals surface area contributed by atoms with Gasteiger partial charge in [0.25, 0.3) is 0 Å². The smallest absolute Gasteiger partial charge is 0.345 e. The molecule has 4 aromatic rings. The first kappa shape index (κ1) is 24.9. The molecule has 1 aromatic heterocycles. The lowest BCUT2D eigenvalue weighted by atomic mass is 10.1. The number of carbonyl (C=O) groups is 1. The second-order valence-electron chi connectivity index (χ2n) is 8.52. The minimum atomic E-state index is -1.06. The van der Waals surface area contributed by atoms with Crippen molar-refractivity contribution in [2.24, 2.45) is 0 Å². The molecule has 0 spiro atoms. The van der Waals surface area contributed by atoms with E-state index in [4.69, 9.17) is 18.9 Å². The van der Waals surface area contributed by atoms with Gasteiger partial charge in [0.15, 0.2) is 6.10 Å². The summed E-state index contributed by atoms with van der Waals surface area (Å²) >= 11 is 0. The van der Waals surface area contributed by atoms with Gasteiger partial charge in [-0.15, -0.1) is 0 Å². The number of aromatic nitrogens is 1. The van der Waals surface area contributed by atoms with Crippen LogP contribution in [0.5, 0.6) is 23.0 Å². The number of para-hydroxylation sites is 2. The summed E-state index contributed by atoms with van der Waals surface area (Å²) in [5.41, 5.74) is 2.29. The molecule has 186 valence electrons. The number of nitrogens with zero attached hydrogens (tertiary/aromatic N) is 1. The third-order valence-corrected chi connectivity index (χ3v) is 5.51. The molecule has 0 radical (unpaired) electrons. The summed E-state index contributed by atoms with van der Waals surface area (Å²) in [5.74, 6) is 1.41. The van der Waals surface area contributed by atoms with E-state index in [1.807, 2.05) is 62.4 Å². The molecule has 7 nitrogen and oxygen atoms in total. The summed E-state index contributed by atoms with van der Waals surface area (Å²) in [6, 6.07) is 21.9. The van der Waals surface area contributed by atoms with Gasteiger partial charge in [-0.25, -0.2) is 4.79 Å². The largest absolute Gasteiger partial charge is 0.497 e. The van der Waals surface area contributed by atoms with Crippen LogP contribution in [-0.2, 0) is 17.8 Å². The molecule has 1 unspecified atom stereocenters. The quantitative estimate of drug-likeness (QED) is 0.291. The number of aliphatic carboxylic acids is 1. The summed E-state index contributed by atoms with van der Waals surface area (Å²) < 4.78 is 23.5. The Morgan fingerprint density at radius 3 is 2.39 bits per heavy atom. The van der Waals surface area contributed by atoms with Gasteiger partial charge in [0.1, 0.15) is 29.6 Å². The van der Waals surface area contributed by atoms with Crippen molar-refractivity contribution < 1.29 is 28.8 Å². The van der Waals surface area contributed by atoms with Crippen LogP contribution in [0.3, 0.4) is 0 Å². The van der Waals surface area contributed by atoms with Crippen LogP contribution in [0.4, 0.5) is 0 Å². The van der Waals surface area contributed by atoms with E-state index in [1.165, 1.54) is 0 Å². The molecule has 7 heteroatoms. The molecular formula is C29H29NO6. The van der Waals surface area contributed by atoms with Crippen molar-refractivity contribution in [2.45, 2.75) is 39.1 Å². The molecule has 0 aliphatic rings. The third kappa shape index (κ3) is 6.05. The minimum Gasteiger partial charge on any atom is -0.497 e. The molecule has 1 N–H and O–H groups in total. The van der Waals surface area contributed by atoms with Gasteiger partial charge in [0, 0.05) is 18.0 Å². The van der Waals surface area contributed by atoms with Gasteiger partial charge >= 0.3 is 5.97 Å². The Kier molecular flexibility index (Phi) is 7.90. The summed E-state index contributed by atoms with van der Waals surface area (Å²) in [5, 5.41) is 10.6. The lowest BCUT2D eigenvalue weighted by molar-refractivity contribution is -0.145. The van der Waals surface area contributed by atoms with Crippen LogP contribution in [0.25, 0.3) is 10.9 Å². The fourth-order valence-electron chi connectivity index (χ4n) is 3.80. The number of methoxy groups -OCH3 is 1. The third-order valence-electron chi connectivity index (χ3n) is 5.51. The van der Waals surface area contributed by atoms with Crippen molar-refractivity contribution in [3.8, 4) is 23.0 Å². The van der Waals surface area contributed by atoms with Crippen LogP contribution < -0.4 is 18.9 Å². The number of hydrogen-bond donors (Lipinski definition) is 1. The number of hydrogen-bond acceptors (Lipinski definition) is 6. The number of pyridine rings is 1. The normalized spacial score (nSPS) is 11.8. The van der Waals surface area contributed by atoms with E-state index >= 15 is 0 Å². The van der Waals surface area contributed by atoms with E-state index in [-0.39, 0.29) is 19.1 Å². The molecule has 1 atom stereocenters. The van der Waals surface area contributed by atoms with Crippen LogP contribution in [-0.4, -0.2) is 35.4 Å². The lowest BCUT2D eigenvalue weighted by Crippen LogP contribution is -2.29. The number of ether oxygens (including phenoxy) is 4. The van der Waals surface area contributed by atoms with Gasteiger partial charge in [0.05, 0.1) is 24.3 Å². The number of rotatable bonds is 11. The topological polar surface area (TPSA) is 87.1 Å². The van der Waals surface area contributed by atoms with Crippen molar-refractivity contribution in [2.75, 3.05) is 7.11 Å². The molecule has 0 aliphatic carbocycles. The number of carboxylic acid groups (broad SMARTS) is 1.